The van der Waals surface area contributed by atoms with E-state index in [1.807, 2.05) is 34.6 Å². The number of hydrogen-bond donors (Lipinski definition) is 9. The van der Waals surface area contributed by atoms with Crippen molar-refractivity contribution in [2.75, 3.05) is 13.1 Å². The third-order valence-electron chi connectivity index (χ3n) is 10.0. The molecule has 1 aromatic rings. The monoisotopic (exact) mass is 805 g/mol. The maximum absolute atomic E-state index is 14.0. The Bertz CT molecular complexity index is 1470. The van der Waals surface area contributed by atoms with E-state index in [2.05, 4.69) is 21.3 Å². The average molecular weight is 806 g/mol. The number of likely N-dealkylation sites (tertiary alicyclic amines) is 1. The Kier molecular flexibility index (Phi) is 22.5. The summed E-state index contributed by atoms with van der Waals surface area (Å²) in [4.78, 5) is 90.9. The van der Waals surface area contributed by atoms with Gasteiger partial charge in [0.1, 0.15) is 36.0 Å². The van der Waals surface area contributed by atoms with Crippen molar-refractivity contribution in [2.45, 2.75) is 143 Å². The number of aromatic hydroxyl groups is 1. The third kappa shape index (κ3) is 17.5. The molecule has 0 bridgehead atoms. The van der Waals surface area contributed by atoms with Crippen molar-refractivity contribution in [1.82, 2.24) is 26.2 Å². The molecule has 0 radical (unpaired) electrons. The van der Waals surface area contributed by atoms with E-state index in [4.69, 9.17) is 21.4 Å². The summed E-state index contributed by atoms with van der Waals surface area (Å²) in [5, 5.41) is 37.9. The highest BCUT2D eigenvalue weighted by Gasteiger charge is 2.41. The highest BCUT2D eigenvalue weighted by Crippen LogP contribution is 2.23. The number of carbonyl (C=O) groups excluding carboxylic acids is 5. The van der Waals surface area contributed by atoms with Gasteiger partial charge in [-0.25, -0.2) is 4.79 Å². The van der Waals surface area contributed by atoms with Crippen LogP contribution < -0.4 is 32.7 Å². The van der Waals surface area contributed by atoms with E-state index >= 15 is 0 Å². The van der Waals surface area contributed by atoms with Crippen LogP contribution in [0.25, 0.3) is 0 Å². The van der Waals surface area contributed by atoms with E-state index < -0.39 is 77.7 Å². The maximum atomic E-state index is 14.0. The first-order valence-corrected chi connectivity index (χ1v) is 19.9. The van der Waals surface area contributed by atoms with E-state index in [0.29, 0.717) is 50.6 Å². The molecule has 0 aromatic heterocycles. The first-order chi connectivity index (χ1) is 26.8. The second-order valence-corrected chi connectivity index (χ2v) is 15.3. The lowest BCUT2D eigenvalue weighted by Gasteiger charge is -2.33. The standard InChI is InChI=1S/C38H63N7O8.C2H4O2/c1-7-23(5)31(36(50)42-29(38(52)53)20-22(3)4)43-34(48)28(21-25-14-16-26(46)17-15-25)41-35(49)30-13-11-19-45(30)37(51)32(24(6)8-2)44-33(47)27(40)12-9-10-18-39;1-2(3)4/h14-17,22-24,27-32,46H,7-13,18-21,39-40H2,1-6H3,(H,41,49)(H,42,50)(H,43,48)(H,44,47)(H,52,53);1H3,(H,3,4). The Morgan fingerprint density at radius 1 is 0.807 bits per heavy atom. The number of hydrogen-bond acceptors (Lipinski definition) is 10. The van der Waals surface area contributed by atoms with E-state index in [9.17, 15) is 39.0 Å². The molecule has 17 heteroatoms. The quantitative estimate of drug-likeness (QED) is 0.0757. The van der Waals surface area contributed by atoms with E-state index in [1.54, 1.807) is 19.1 Å². The van der Waals surface area contributed by atoms with Crippen LogP contribution in [0.1, 0.15) is 105 Å². The molecular weight excluding hydrogens is 738 g/mol. The fourth-order valence-corrected chi connectivity index (χ4v) is 6.32. The number of nitrogens with two attached hydrogens (primary N) is 2. The lowest BCUT2D eigenvalue weighted by atomic mass is 9.96. The van der Waals surface area contributed by atoms with Gasteiger partial charge in [-0.05, 0) is 74.1 Å². The zero-order valence-corrected chi connectivity index (χ0v) is 34.6. The number of phenols is 1. The summed E-state index contributed by atoms with van der Waals surface area (Å²) >= 11 is 0. The molecule has 1 fully saturated rings. The van der Waals surface area contributed by atoms with Crippen LogP contribution in [0.15, 0.2) is 24.3 Å². The number of nitrogens with zero attached hydrogens (tertiary/aromatic N) is 1. The Labute approximate surface area is 336 Å². The normalized spacial score (nSPS) is 17.4. The topological polar surface area (TPSA) is 284 Å². The number of nitrogens with one attached hydrogen (secondary N) is 4. The highest BCUT2D eigenvalue weighted by atomic mass is 16.4. The molecular formula is C40H67N7O10. The fourth-order valence-electron chi connectivity index (χ4n) is 6.32. The molecule has 1 aromatic carbocycles. The number of carbonyl (C=O) groups is 7. The Balaban J connectivity index is 0.00000386. The number of phenolic OH excluding ortho intramolecular Hbond substituents is 1. The minimum atomic E-state index is -1.20. The lowest BCUT2D eigenvalue weighted by molar-refractivity contribution is -0.143. The molecule has 8 atom stereocenters. The van der Waals surface area contributed by atoms with E-state index in [0.717, 1.165) is 13.3 Å². The summed E-state index contributed by atoms with van der Waals surface area (Å²) in [5.41, 5.74) is 12.3. The smallest absolute Gasteiger partial charge is 0.326 e. The summed E-state index contributed by atoms with van der Waals surface area (Å²) in [6, 6.07) is -0.00774. The first kappa shape index (κ1) is 50.2. The van der Waals surface area contributed by atoms with Crippen molar-refractivity contribution in [3.05, 3.63) is 29.8 Å². The van der Waals surface area contributed by atoms with Crippen LogP contribution in [0.2, 0.25) is 0 Å². The van der Waals surface area contributed by atoms with Gasteiger partial charge in [-0.3, -0.25) is 28.8 Å². The number of amides is 5. The molecule has 57 heavy (non-hydrogen) atoms. The SMILES string of the molecule is CC(=O)O.CCC(C)C(NC(=O)C(Cc1ccc(O)cc1)NC(=O)C1CCCN1C(=O)C(NC(=O)C(N)CCCCN)C(C)CC)C(=O)NC(CC(C)C)C(=O)O. The lowest BCUT2D eigenvalue weighted by Crippen LogP contribution is -2.60. The third-order valence-corrected chi connectivity index (χ3v) is 10.0. The Hall–Kier alpha value is -4.77. The van der Waals surface area contributed by atoms with Crippen LogP contribution in [0, 0.1) is 17.8 Å². The molecule has 8 unspecified atom stereocenters. The highest BCUT2D eigenvalue weighted by molar-refractivity contribution is 5.97. The molecule has 322 valence electrons. The van der Waals surface area contributed by atoms with Gasteiger partial charge in [0, 0.05) is 19.9 Å². The van der Waals surface area contributed by atoms with Crippen LogP contribution >= 0.6 is 0 Å². The van der Waals surface area contributed by atoms with Crippen molar-refractivity contribution < 1.29 is 48.9 Å². The van der Waals surface area contributed by atoms with E-state index in [-0.39, 0.29) is 42.9 Å². The number of unbranched alkanes of at least 4 members (excludes halogenated alkanes) is 1. The molecule has 1 aliphatic rings. The Morgan fingerprint density at radius 3 is 1.89 bits per heavy atom. The van der Waals surface area contributed by atoms with Crippen molar-refractivity contribution in [3.63, 3.8) is 0 Å². The molecule has 2 rings (SSSR count). The van der Waals surface area contributed by atoms with Crippen LogP contribution in [0.5, 0.6) is 5.75 Å². The predicted molar refractivity (Wildman–Crippen MR) is 214 cm³/mol. The van der Waals surface area contributed by atoms with Gasteiger partial charge >= 0.3 is 5.97 Å². The van der Waals surface area contributed by atoms with Crippen LogP contribution in [0.4, 0.5) is 0 Å². The van der Waals surface area contributed by atoms with Gasteiger partial charge in [0.15, 0.2) is 0 Å². The molecule has 5 amide bonds. The van der Waals surface area contributed by atoms with Gasteiger partial charge in [0.25, 0.3) is 5.97 Å². The second-order valence-electron chi connectivity index (χ2n) is 15.3. The van der Waals surface area contributed by atoms with E-state index in [1.165, 1.54) is 17.0 Å². The average Bonchev–Trinajstić information content (AvgIpc) is 3.65. The number of benzene rings is 1. The van der Waals surface area contributed by atoms with Crippen molar-refractivity contribution >= 4 is 41.5 Å². The van der Waals surface area contributed by atoms with Gasteiger partial charge in [0.2, 0.25) is 29.5 Å². The van der Waals surface area contributed by atoms with Crippen molar-refractivity contribution in [1.29, 1.82) is 0 Å². The van der Waals surface area contributed by atoms with Gasteiger partial charge in [-0.15, -0.1) is 0 Å². The summed E-state index contributed by atoms with van der Waals surface area (Å²) in [5.74, 6) is -5.43. The van der Waals surface area contributed by atoms with Gasteiger partial charge < -0.3 is 53.0 Å². The van der Waals surface area contributed by atoms with Crippen LogP contribution in [-0.2, 0) is 40.0 Å². The molecule has 0 saturated carbocycles. The van der Waals surface area contributed by atoms with Crippen LogP contribution in [-0.4, -0.2) is 111 Å². The summed E-state index contributed by atoms with van der Waals surface area (Å²) < 4.78 is 0. The minimum Gasteiger partial charge on any atom is -0.508 e. The predicted octanol–water partition coefficient (Wildman–Crippen LogP) is 1.64. The number of carboxylic acids is 2. The summed E-state index contributed by atoms with van der Waals surface area (Å²) in [6.07, 6.45) is 3.92. The fraction of sp³-hybridized carbons (Fsp3) is 0.675. The number of rotatable bonds is 22. The summed E-state index contributed by atoms with van der Waals surface area (Å²) in [6.45, 7) is 12.9. The van der Waals surface area contributed by atoms with Crippen LogP contribution in [0.3, 0.4) is 0 Å². The second kappa shape index (κ2) is 25.5. The molecule has 1 aliphatic heterocycles. The zero-order chi connectivity index (χ0) is 43.4. The molecule has 1 saturated heterocycles. The zero-order valence-electron chi connectivity index (χ0n) is 34.6. The molecule has 1 heterocycles. The number of carboxylic acid groups (broad SMARTS) is 2. The molecule has 17 nitrogen and oxygen atoms in total. The van der Waals surface area contributed by atoms with Crippen molar-refractivity contribution in [2.24, 2.45) is 29.2 Å². The first-order valence-electron chi connectivity index (χ1n) is 19.9. The largest absolute Gasteiger partial charge is 0.508 e. The van der Waals surface area contributed by atoms with Gasteiger partial charge in [0.05, 0.1) is 6.04 Å². The number of aliphatic carboxylic acids is 2. The molecule has 11 N–H and O–H groups in total. The molecule has 0 aliphatic carbocycles. The Morgan fingerprint density at radius 2 is 1.37 bits per heavy atom. The molecule has 0 spiro atoms. The van der Waals surface area contributed by atoms with Crippen molar-refractivity contribution in [3.8, 4) is 5.75 Å². The van der Waals surface area contributed by atoms with Gasteiger partial charge in [-0.2, -0.15) is 0 Å². The minimum absolute atomic E-state index is 0.00788. The van der Waals surface area contributed by atoms with Gasteiger partial charge in [-0.1, -0.05) is 72.9 Å². The summed E-state index contributed by atoms with van der Waals surface area (Å²) in [7, 11) is 0. The maximum Gasteiger partial charge on any atom is 0.326 e.